The third-order valence-electron chi connectivity index (χ3n) is 4.28. The molecular weight excluding hydrogens is 382 g/mol. The SMILES string of the molecule is CCOC(=O)c1ccc(OCc2cccc(S(=O)(=O)N3CCOCC3)c2)cc1. The zero-order valence-corrected chi connectivity index (χ0v) is 16.5. The second-order valence-corrected chi connectivity index (χ2v) is 8.14. The Morgan fingerprint density at radius 2 is 1.82 bits per heavy atom. The maximum absolute atomic E-state index is 12.8. The summed E-state index contributed by atoms with van der Waals surface area (Å²) in [7, 11) is -3.54. The number of rotatable bonds is 7. The van der Waals surface area contributed by atoms with Crippen molar-refractivity contribution >= 4 is 16.0 Å². The number of esters is 1. The molecule has 0 spiro atoms. The van der Waals surface area contributed by atoms with E-state index in [9.17, 15) is 13.2 Å². The Labute approximate surface area is 164 Å². The van der Waals surface area contributed by atoms with Crippen LogP contribution < -0.4 is 4.74 Å². The summed E-state index contributed by atoms with van der Waals surface area (Å²) in [5, 5.41) is 0. The lowest BCUT2D eigenvalue weighted by atomic mass is 10.2. The molecule has 150 valence electrons. The smallest absolute Gasteiger partial charge is 0.338 e. The molecule has 0 N–H and O–H groups in total. The fourth-order valence-electron chi connectivity index (χ4n) is 2.80. The van der Waals surface area contributed by atoms with E-state index in [1.54, 1.807) is 49.4 Å². The molecule has 1 heterocycles. The molecule has 0 amide bonds. The second-order valence-electron chi connectivity index (χ2n) is 6.20. The molecule has 1 aliphatic rings. The van der Waals surface area contributed by atoms with Gasteiger partial charge < -0.3 is 14.2 Å². The van der Waals surface area contributed by atoms with Gasteiger partial charge in [0.25, 0.3) is 0 Å². The number of ether oxygens (including phenoxy) is 3. The molecule has 28 heavy (non-hydrogen) atoms. The number of benzene rings is 2. The molecule has 0 aromatic heterocycles. The van der Waals surface area contributed by atoms with Crippen LogP contribution in [0.2, 0.25) is 0 Å². The fourth-order valence-corrected chi connectivity index (χ4v) is 4.28. The Balaban J connectivity index is 1.65. The van der Waals surface area contributed by atoms with Crippen molar-refractivity contribution < 1.29 is 27.4 Å². The first kappa shape index (κ1) is 20.3. The van der Waals surface area contributed by atoms with Crippen LogP contribution in [0.15, 0.2) is 53.4 Å². The molecular formula is C20H23NO6S. The van der Waals surface area contributed by atoms with E-state index in [1.165, 1.54) is 4.31 Å². The van der Waals surface area contributed by atoms with Crippen LogP contribution in [0, 0.1) is 0 Å². The van der Waals surface area contributed by atoms with Gasteiger partial charge in [-0.25, -0.2) is 13.2 Å². The standard InChI is InChI=1S/C20H23NO6S/c1-2-26-20(22)17-6-8-18(9-7-17)27-15-16-4-3-5-19(14-16)28(23,24)21-10-12-25-13-11-21/h3-9,14H,2,10-13,15H2,1H3. The lowest BCUT2D eigenvalue weighted by Gasteiger charge is -2.26. The van der Waals surface area contributed by atoms with Gasteiger partial charge in [-0.15, -0.1) is 0 Å². The van der Waals surface area contributed by atoms with E-state index in [0.29, 0.717) is 44.2 Å². The summed E-state index contributed by atoms with van der Waals surface area (Å²) in [5.41, 5.74) is 1.19. The highest BCUT2D eigenvalue weighted by molar-refractivity contribution is 7.89. The summed E-state index contributed by atoms with van der Waals surface area (Å²) in [4.78, 5) is 11.9. The third kappa shape index (κ3) is 4.89. The van der Waals surface area contributed by atoms with Gasteiger partial charge in [0.05, 0.1) is 30.3 Å². The maximum atomic E-state index is 12.8. The normalized spacial score (nSPS) is 15.2. The Morgan fingerprint density at radius 3 is 2.50 bits per heavy atom. The highest BCUT2D eigenvalue weighted by atomic mass is 32.2. The van der Waals surface area contributed by atoms with Gasteiger partial charge in [0.1, 0.15) is 12.4 Å². The molecule has 7 nitrogen and oxygen atoms in total. The molecule has 0 aliphatic carbocycles. The van der Waals surface area contributed by atoms with E-state index in [4.69, 9.17) is 14.2 Å². The van der Waals surface area contributed by atoms with Crippen molar-refractivity contribution in [2.75, 3.05) is 32.9 Å². The van der Waals surface area contributed by atoms with Gasteiger partial charge in [-0.2, -0.15) is 4.31 Å². The number of nitrogens with zero attached hydrogens (tertiary/aromatic N) is 1. The van der Waals surface area contributed by atoms with Gasteiger partial charge >= 0.3 is 5.97 Å². The van der Waals surface area contributed by atoms with Gasteiger partial charge in [0.2, 0.25) is 10.0 Å². The number of morpholine rings is 1. The number of carbonyl (C=O) groups is 1. The molecule has 1 fully saturated rings. The third-order valence-corrected chi connectivity index (χ3v) is 6.17. The van der Waals surface area contributed by atoms with Gasteiger partial charge in [0, 0.05) is 13.1 Å². The summed E-state index contributed by atoms with van der Waals surface area (Å²) in [6, 6.07) is 13.3. The average molecular weight is 405 g/mol. The number of sulfonamides is 1. The van der Waals surface area contributed by atoms with Gasteiger partial charge in [0.15, 0.2) is 0 Å². The van der Waals surface area contributed by atoms with E-state index >= 15 is 0 Å². The predicted molar refractivity (Wildman–Crippen MR) is 103 cm³/mol. The van der Waals surface area contributed by atoms with Crippen molar-refractivity contribution in [2.24, 2.45) is 0 Å². The Hall–Kier alpha value is -2.42. The molecule has 0 saturated carbocycles. The van der Waals surface area contributed by atoms with Gasteiger partial charge in [-0.1, -0.05) is 12.1 Å². The molecule has 3 rings (SSSR count). The highest BCUT2D eigenvalue weighted by Gasteiger charge is 2.26. The fraction of sp³-hybridized carbons (Fsp3) is 0.350. The molecule has 0 atom stereocenters. The van der Waals surface area contributed by atoms with Crippen molar-refractivity contribution in [3.63, 3.8) is 0 Å². The maximum Gasteiger partial charge on any atom is 0.338 e. The molecule has 0 unspecified atom stereocenters. The van der Waals surface area contributed by atoms with Gasteiger partial charge in [-0.05, 0) is 48.9 Å². The molecule has 2 aromatic carbocycles. The topological polar surface area (TPSA) is 82.1 Å². The van der Waals surface area contributed by atoms with Crippen LogP contribution in [0.4, 0.5) is 0 Å². The molecule has 0 radical (unpaired) electrons. The van der Waals surface area contributed by atoms with E-state index in [0.717, 1.165) is 5.56 Å². The van der Waals surface area contributed by atoms with Crippen LogP contribution in [0.5, 0.6) is 5.75 Å². The zero-order valence-electron chi connectivity index (χ0n) is 15.7. The summed E-state index contributed by atoms with van der Waals surface area (Å²) < 4.78 is 42.8. The van der Waals surface area contributed by atoms with Crippen molar-refractivity contribution in [3.05, 3.63) is 59.7 Å². The Morgan fingerprint density at radius 1 is 1.11 bits per heavy atom. The summed E-state index contributed by atoms with van der Waals surface area (Å²) in [6.45, 7) is 3.81. The van der Waals surface area contributed by atoms with Crippen molar-refractivity contribution in [2.45, 2.75) is 18.4 Å². The van der Waals surface area contributed by atoms with Crippen molar-refractivity contribution in [3.8, 4) is 5.75 Å². The van der Waals surface area contributed by atoms with E-state index in [1.807, 2.05) is 6.07 Å². The molecule has 8 heteroatoms. The Bertz CT molecular complexity index is 905. The first-order chi connectivity index (χ1) is 13.5. The quantitative estimate of drug-likeness (QED) is 0.658. The first-order valence-electron chi connectivity index (χ1n) is 9.07. The molecule has 1 saturated heterocycles. The number of carbonyl (C=O) groups excluding carboxylic acids is 1. The first-order valence-corrected chi connectivity index (χ1v) is 10.5. The van der Waals surface area contributed by atoms with Crippen LogP contribution in [0.1, 0.15) is 22.8 Å². The number of hydrogen-bond acceptors (Lipinski definition) is 6. The Kier molecular flexibility index (Phi) is 6.66. The van der Waals surface area contributed by atoms with Crippen LogP contribution in [-0.2, 0) is 26.1 Å². The number of hydrogen-bond donors (Lipinski definition) is 0. The zero-order chi connectivity index (χ0) is 20.0. The van der Waals surface area contributed by atoms with Crippen molar-refractivity contribution in [1.29, 1.82) is 0 Å². The second kappa shape index (κ2) is 9.18. The molecule has 0 bridgehead atoms. The van der Waals surface area contributed by atoms with Crippen LogP contribution in [-0.4, -0.2) is 51.6 Å². The van der Waals surface area contributed by atoms with Crippen molar-refractivity contribution in [1.82, 2.24) is 4.31 Å². The summed E-state index contributed by atoms with van der Waals surface area (Å²) >= 11 is 0. The van der Waals surface area contributed by atoms with Crippen LogP contribution in [0.3, 0.4) is 0 Å². The monoisotopic (exact) mass is 405 g/mol. The lowest BCUT2D eigenvalue weighted by molar-refractivity contribution is 0.0526. The lowest BCUT2D eigenvalue weighted by Crippen LogP contribution is -2.40. The summed E-state index contributed by atoms with van der Waals surface area (Å²) in [5.74, 6) is 0.199. The van der Waals surface area contributed by atoms with Crippen LogP contribution >= 0.6 is 0 Å². The largest absolute Gasteiger partial charge is 0.489 e. The van der Waals surface area contributed by atoms with E-state index in [-0.39, 0.29) is 17.5 Å². The molecule has 2 aromatic rings. The molecule has 1 aliphatic heterocycles. The minimum atomic E-state index is -3.54. The minimum Gasteiger partial charge on any atom is -0.489 e. The highest BCUT2D eigenvalue weighted by Crippen LogP contribution is 2.20. The van der Waals surface area contributed by atoms with Gasteiger partial charge in [-0.3, -0.25) is 0 Å². The minimum absolute atomic E-state index is 0.214. The van der Waals surface area contributed by atoms with Crippen LogP contribution in [0.25, 0.3) is 0 Å². The van der Waals surface area contributed by atoms with E-state index in [2.05, 4.69) is 0 Å². The summed E-state index contributed by atoms with van der Waals surface area (Å²) in [6.07, 6.45) is 0. The average Bonchev–Trinajstić information content (AvgIpc) is 2.73. The predicted octanol–water partition coefficient (Wildman–Crippen LogP) is 2.46. The van der Waals surface area contributed by atoms with E-state index < -0.39 is 10.0 Å².